The van der Waals surface area contributed by atoms with Crippen molar-refractivity contribution in [2.45, 2.75) is 13.5 Å². The third kappa shape index (κ3) is 2.99. The normalized spacial score (nSPS) is 15.5. The molecule has 30 heavy (non-hydrogen) atoms. The second kappa shape index (κ2) is 7.28. The summed E-state index contributed by atoms with van der Waals surface area (Å²) < 4.78 is 3.33. The Morgan fingerprint density at radius 3 is 2.43 bits per heavy atom. The van der Waals surface area contributed by atoms with Crippen LogP contribution in [0.3, 0.4) is 0 Å². The highest BCUT2D eigenvalue weighted by Crippen LogP contribution is 2.31. The van der Waals surface area contributed by atoms with Crippen molar-refractivity contribution in [2.24, 2.45) is 0 Å². The van der Waals surface area contributed by atoms with Crippen LogP contribution in [0.25, 0.3) is 27.9 Å². The number of carbonyl (C=O) groups is 2. The zero-order valence-corrected chi connectivity index (χ0v) is 18.4. The minimum atomic E-state index is -0.394. The SMILES string of the molecule is CCn1c2ccccc2c2cc(/C=C3\C(=O)NN(c4ccc(I)cc4)C3=O)ccc21. The molecule has 0 bridgehead atoms. The van der Waals surface area contributed by atoms with E-state index in [2.05, 4.69) is 57.7 Å². The standard InChI is InChI=1S/C24H18IN3O2/c1-2-27-21-6-4-3-5-18(21)19-13-15(7-12-22(19)27)14-20-23(29)26-28(24(20)30)17-10-8-16(25)9-11-17/h3-14H,2H2,1H3,(H,26,29)/b20-14+. The predicted octanol–water partition coefficient (Wildman–Crippen LogP) is 4.88. The number of hydrazine groups is 1. The van der Waals surface area contributed by atoms with Gasteiger partial charge in [-0.3, -0.25) is 15.0 Å². The van der Waals surface area contributed by atoms with E-state index in [1.54, 1.807) is 6.08 Å². The van der Waals surface area contributed by atoms with Crippen molar-refractivity contribution in [3.63, 3.8) is 0 Å². The van der Waals surface area contributed by atoms with Gasteiger partial charge in [0.25, 0.3) is 11.8 Å². The molecule has 0 atom stereocenters. The van der Waals surface area contributed by atoms with Crippen LogP contribution in [0.15, 0.2) is 72.3 Å². The molecule has 5 nitrogen and oxygen atoms in total. The van der Waals surface area contributed by atoms with E-state index in [0.29, 0.717) is 5.69 Å². The van der Waals surface area contributed by atoms with E-state index < -0.39 is 5.91 Å². The minimum absolute atomic E-state index is 0.132. The van der Waals surface area contributed by atoms with Crippen molar-refractivity contribution in [1.82, 2.24) is 9.99 Å². The molecular weight excluding hydrogens is 489 g/mol. The Morgan fingerprint density at radius 1 is 0.933 bits per heavy atom. The average Bonchev–Trinajstić information content (AvgIpc) is 3.23. The number of nitrogens with zero attached hydrogens (tertiary/aromatic N) is 2. The van der Waals surface area contributed by atoms with E-state index in [1.165, 1.54) is 10.5 Å². The molecule has 1 fully saturated rings. The van der Waals surface area contributed by atoms with Gasteiger partial charge in [0, 0.05) is 31.9 Å². The smallest absolute Gasteiger partial charge is 0.282 e. The summed E-state index contributed by atoms with van der Waals surface area (Å²) in [5, 5.41) is 3.57. The van der Waals surface area contributed by atoms with E-state index in [-0.39, 0.29) is 11.5 Å². The van der Waals surface area contributed by atoms with Crippen molar-refractivity contribution in [3.05, 3.63) is 81.4 Å². The van der Waals surface area contributed by atoms with E-state index in [0.717, 1.165) is 32.0 Å². The first kappa shape index (κ1) is 18.9. The van der Waals surface area contributed by atoms with Crippen LogP contribution in [0.1, 0.15) is 12.5 Å². The summed E-state index contributed by atoms with van der Waals surface area (Å²) in [5.41, 5.74) is 6.57. The summed E-state index contributed by atoms with van der Waals surface area (Å²) in [6.07, 6.45) is 1.67. The third-order valence-corrected chi connectivity index (χ3v) is 6.12. The number of hydrogen-bond donors (Lipinski definition) is 1. The van der Waals surface area contributed by atoms with Crippen molar-refractivity contribution < 1.29 is 9.59 Å². The van der Waals surface area contributed by atoms with E-state index in [4.69, 9.17) is 0 Å². The van der Waals surface area contributed by atoms with Gasteiger partial charge in [-0.1, -0.05) is 24.3 Å². The lowest BCUT2D eigenvalue weighted by Crippen LogP contribution is -2.35. The van der Waals surface area contributed by atoms with Gasteiger partial charge in [-0.2, -0.15) is 0 Å². The number of anilines is 1. The molecule has 0 unspecified atom stereocenters. The quantitative estimate of drug-likeness (QED) is 0.244. The second-order valence-electron chi connectivity index (χ2n) is 7.15. The van der Waals surface area contributed by atoms with Gasteiger partial charge in [-0.15, -0.1) is 0 Å². The van der Waals surface area contributed by atoms with Crippen LogP contribution >= 0.6 is 22.6 Å². The van der Waals surface area contributed by atoms with Crippen molar-refractivity contribution in [1.29, 1.82) is 0 Å². The number of benzene rings is 3. The molecule has 6 heteroatoms. The Balaban J connectivity index is 1.57. The number of carbonyl (C=O) groups excluding carboxylic acids is 2. The third-order valence-electron chi connectivity index (χ3n) is 5.40. The number of fused-ring (bicyclic) bond motifs is 3. The fourth-order valence-electron chi connectivity index (χ4n) is 4.00. The lowest BCUT2D eigenvalue weighted by atomic mass is 10.1. The molecule has 1 saturated heterocycles. The maximum Gasteiger partial charge on any atom is 0.282 e. The van der Waals surface area contributed by atoms with Gasteiger partial charge in [-0.25, -0.2) is 5.01 Å². The number of amides is 2. The van der Waals surface area contributed by atoms with E-state index in [1.807, 2.05) is 48.5 Å². The molecule has 2 heterocycles. The molecule has 1 aliphatic heterocycles. The highest BCUT2D eigenvalue weighted by Gasteiger charge is 2.34. The molecule has 0 aliphatic carbocycles. The lowest BCUT2D eigenvalue weighted by Gasteiger charge is -2.14. The monoisotopic (exact) mass is 507 g/mol. The van der Waals surface area contributed by atoms with Gasteiger partial charge in [0.05, 0.1) is 5.69 Å². The number of aromatic nitrogens is 1. The zero-order valence-electron chi connectivity index (χ0n) is 16.2. The summed E-state index contributed by atoms with van der Waals surface area (Å²) >= 11 is 2.20. The summed E-state index contributed by atoms with van der Waals surface area (Å²) in [7, 11) is 0. The molecule has 0 spiro atoms. The molecule has 0 radical (unpaired) electrons. The number of halogens is 1. The number of aryl methyl sites for hydroxylation is 1. The number of para-hydroxylation sites is 1. The molecule has 4 aromatic rings. The molecule has 1 aromatic heterocycles. The van der Waals surface area contributed by atoms with Crippen molar-refractivity contribution in [3.8, 4) is 0 Å². The fourth-order valence-corrected chi connectivity index (χ4v) is 4.36. The van der Waals surface area contributed by atoms with Crippen LogP contribution in [-0.2, 0) is 16.1 Å². The van der Waals surface area contributed by atoms with Crippen molar-refractivity contribution in [2.75, 3.05) is 5.01 Å². The Morgan fingerprint density at radius 2 is 1.67 bits per heavy atom. The zero-order chi connectivity index (χ0) is 20.8. The van der Waals surface area contributed by atoms with Gasteiger partial charge in [0.2, 0.25) is 0 Å². The second-order valence-corrected chi connectivity index (χ2v) is 8.40. The first-order valence-corrected chi connectivity index (χ1v) is 10.8. The summed E-state index contributed by atoms with van der Waals surface area (Å²) in [5.74, 6) is -0.744. The van der Waals surface area contributed by atoms with Crippen LogP contribution in [0.2, 0.25) is 0 Å². The summed E-state index contributed by atoms with van der Waals surface area (Å²) in [6, 6.07) is 21.8. The highest BCUT2D eigenvalue weighted by atomic mass is 127. The van der Waals surface area contributed by atoms with Gasteiger partial charge in [0.15, 0.2) is 0 Å². The highest BCUT2D eigenvalue weighted by molar-refractivity contribution is 14.1. The summed E-state index contributed by atoms with van der Waals surface area (Å²) in [6.45, 7) is 3.00. The van der Waals surface area contributed by atoms with Gasteiger partial charge < -0.3 is 4.57 Å². The lowest BCUT2D eigenvalue weighted by molar-refractivity contribution is -0.117. The molecule has 148 valence electrons. The van der Waals surface area contributed by atoms with Crippen LogP contribution in [-0.4, -0.2) is 16.4 Å². The Bertz CT molecular complexity index is 1350. The molecule has 5 rings (SSSR count). The van der Waals surface area contributed by atoms with Gasteiger partial charge in [-0.05, 0) is 83.6 Å². The van der Waals surface area contributed by atoms with E-state index >= 15 is 0 Å². The molecule has 1 N–H and O–H groups in total. The Hall–Kier alpha value is -3.13. The van der Waals surface area contributed by atoms with Gasteiger partial charge >= 0.3 is 0 Å². The molecular formula is C24H18IN3O2. The Kier molecular flexibility index (Phi) is 4.58. The first-order chi connectivity index (χ1) is 14.6. The molecule has 2 amide bonds. The molecule has 1 aliphatic rings. The fraction of sp³-hybridized carbons (Fsp3) is 0.0833. The average molecular weight is 507 g/mol. The van der Waals surface area contributed by atoms with Crippen LogP contribution in [0.4, 0.5) is 5.69 Å². The first-order valence-electron chi connectivity index (χ1n) is 9.70. The molecule has 0 saturated carbocycles. The van der Waals surface area contributed by atoms with Crippen LogP contribution in [0.5, 0.6) is 0 Å². The topological polar surface area (TPSA) is 54.3 Å². The maximum atomic E-state index is 12.9. The van der Waals surface area contributed by atoms with E-state index in [9.17, 15) is 9.59 Å². The number of hydrogen-bond acceptors (Lipinski definition) is 2. The summed E-state index contributed by atoms with van der Waals surface area (Å²) in [4.78, 5) is 25.4. The van der Waals surface area contributed by atoms with Gasteiger partial charge in [0.1, 0.15) is 5.57 Å². The van der Waals surface area contributed by atoms with Crippen LogP contribution in [0, 0.1) is 3.57 Å². The number of nitrogens with one attached hydrogen (secondary N) is 1. The van der Waals surface area contributed by atoms with Crippen LogP contribution < -0.4 is 10.4 Å². The largest absolute Gasteiger partial charge is 0.341 e. The minimum Gasteiger partial charge on any atom is -0.341 e. The van der Waals surface area contributed by atoms with Crippen molar-refractivity contribution >= 4 is 68.0 Å². The molecule has 3 aromatic carbocycles. The predicted molar refractivity (Wildman–Crippen MR) is 128 cm³/mol. The number of rotatable bonds is 3. The Labute approximate surface area is 187 Å². The maximum absolute atomic E-state index is 12.9.